The molecule has 5 heteroatoms. The topological polar surface area (TPSA) is 43.1 Å². The van der Waals surface area contributed by atoms with Gasteiger partial charge in [-0.2, -0.15) is 0 Å². The molecule has 2 rings (SSSR count). The standard InChI is InChI=1S/C12H9BrClNOS/c1-6-4-8(13)12(17-6)11(16)7-2-3-9(14)10(15)5-7/h2-5H,15H2,1H3. The molecule has 0 saturated carbocycles. The third-order valence-electron chi connectivity index (χ3n) is 2.27. The molecule has 0 saturated heterocycles. The van der Waals surface area contributed by atoms with Gasteiger partial charge < -0.3 is 5.73 Å². The number of carbonyl (C=O) groups excluding carboxylic acids is 1. The second kappa shape index (κ2) is 4.80. The number of anilines is 1. The third kappa shape index (κ3) is 2.54. The molecule has 2 nitrogen and oxygen atoms in total. The summed E-state index contributed by atoms with van der Waals surface area (Å²) in [7, 11) is 0. The molecule has 1 aromatic heterocycles. The number of aryl methyl sites for hydroxylation is 1. The van der Waals surface area contributed by atoms with Crippen LogP contribution in [0.3, 0.4) is 0 Å². The van der Waals surface area contributed by atoms with Crippen molar-refractivity contribution in [3.63, 3.8) is 0 Å². The summed E-state index contributed by atoms with van der Waals surface area (Å²) in [6.45, 7) is 1.96. The molecule has 0 spiro atoms. The molecular formula is C12H9BrClNOS. The fourth-order valence-electron chi connectivity index (χ4n) is 1.45. The Balaban J connectivity index is 2.44. The van der Waals surface area contributed by atoms with Crippen LogP contribution in [0.25, 0.3) is 0 Å². The zero-order chi connectivity index (χ0) is 12.6. The summed E-state index contributed by atoms with van der Waals surface area (Å²) in [4.78, 5) is 14.0. The highest BCUT2D eigenvalue weighted by Gasteiger charge is 2.16. The van der Waals surface area contributed by atoms with Crippen molar-refractivity contribution in [2.24, 2.45) is 0 Å². The lowest BCUT2D eigenvalue weighted by atomic mass is 10.1. The van der Waals surface area contributed by atoms with Gasteiger partial charge in [0.25, 0.3) is 0 Å². The molecule has 0 atom stereocenters. The highest BCUT2D eigenvalue weighted by atomic mass is 79.9. The number of thiophene rings is 1. The summed E-state index contributed by atoms with van der Waals surface area (Å²) < 4.78 is 0.818. The van der Waals surface area contributed by atoms with Crippen LogP contribution in [0.2, 0.25) is 5.02 Å². The maximum absolute atomic E-state index is 12.2. The zero-order valence-electron chi connectivity index (χ0n) is 8.96. The van der Waals surface area contributed by atoms with Crippen molar-refractivity contribution in [1.29, 1.82) is 0 Å². The van der Waals surface area contributed by atoms with E-state index in [-0.39, 0.29) is 5.78 Å². The first-order chi connectivity index (χ1) is 7.99. The summed E-state index contributed by atoms with van der Waals surface area (Å²) >= 11 is 10.7. The lowest BCUT2D eigenvalue weighted by Gasteiger charge is -2.02. The molecule has 0 fully saturated rings. The highest BCUT2D eigenvalue weighted by molar-refractivity contribution is 9.10. The molecule has 2 N–H and O–H groups in total. The van der Waals surface area contributed by atoms with Gasteiger partial charge in [0.2, 0.25) is 5.78 Å². The summed E-state index contributed by atoms with van der Waals surface area (Å²) in [5.74, 6) is -0.0432. The van der Waals surface area contributed by atoms with Crippen LogP contribution < -0.4 is 5.73 Å². The van der Waals surface area contributed by atoms with Gasteiger partial charge in [-0.3, -0.25) is 4.79 Å². The van der Waals surface area contributed by atoms with Gasteiger partial charge in [-0.25, -0.2) is 0 Å². The van der Waals surface area contributed by atoms with Gasteiger partial charge in [-0.15, -0.1) is 11.3 Å². The van der Waals surface area contributed by atoms with Crippen LogP contribution in [0, 0.1) is 6.92 Å². The minimum absolute atomic E-state index is 0.0432. The Bertz CT molecular complexity index is 594. The first kappa shape index (κ1) is 12.6. The van der Waals surface area contributed by atoms with Gasteiger partial charge in [0.05, 0.1) is 15.6 Å². The summed E-state index contributed by atoms with van der Waals surface area (Å²) in [5.41, 5.74) is 6.66. The number of hydrogen-bond acceptors (Lipinski definition) is 3. The number of ketones is 1. The van der Waals surface area contributed by atoms with Gasteiger partial charge >= 0.3 is 0 Å². The fraction of sp³-hybridized carbons (Fsp3) is 0.0833. The number of rotatable bonds is 2. The van der Waals surface area contributed by atoms with E-state index < -0.39 is 0 Å². The average molecular weight is 331 g/mol. The van der Waals surface area contributed by atoms with E-state index in [2.05, 4.69) is 15.9 Å². The van der Waals surface area contributed by atoms with Crippen molar-refractivity contribution in [3.05, 3.63) is 49.1 Å². The normalized spacial score (nSPS) is 10.5. The number of nitrogen functional groups attached to an aromatic ring is 1. The Morgan fingerprint density at radius 1 is 1.41 bits per heavy atom. The first-order valence-electron chi connectivity index (χ1n) is 4.84. The van der Waals surface area contributed by atoms with E-state index in [0.717, 1.165) is 9.35 Å². The van der Waals surface area contributed by atoms with E-state index in [9.17, 15) is 4.79 Å². The van der Waals surface area contributed by atoms with Crippen LogP contribution in [0.5, 0.6) is 0 Å². The summed E-state index contributed by atoms with van der Waals surface area (Å²) in [6, 6.07) is 6.85. The molecule has 0 amide bonds. The number of nitrogens with two attached hydrogens (primary N) is 1. The van der Waals surface area contributed by atoms with E-state index in [4.69, 9.17) is 17.3 Å². The summed E-state index contributed by atoms with van der Waals surface area (Å²) in [6.07, 6.45) is 0. The molecule has 1 heterocycles. The molecule has 0 aliphatic rings. The molecule has 1 aromatic carbocycles. The number of benzene rings is 1. The molecule has 2 aromatic rings. The monoisotopic (exact) mass is 329 g/mol. The van der Waals surface area contributed by atoms with Crippen LogP contribution in [0.15, 0.2) is 28.7 Å². The fourth-order valence-corrected chi connectivity index (χ4v) is 3.36. The maximum atomic E-state index is 12.2. The Labute approximate surface area is 117 Å². The molecule has 17 heavy (non-hydrogen) atoms. The van der Waals surface area contributed by atoms with Crippen molar-refractivity contribution in [2.75, 3.05) is 5.73 Å². The molecule has 0 aliphatic carbocycles. The zero-order valence-corrected chi connectivity index (χ0v) is 12.1. The molecule has 0 bridgehead atoms. The van der Waals surface area contributed by atoms with Gasteiger partial charge in [-0.1, -0.05) is 11.6 Å². The Kier molecular flexibility index (Phi) is 3.56. The van der Waals surface area contributed by atoms with E-state index in [0.29, 0.717) is 21.2 Å². The van der Waals surface area contributed by atoms with Gasteiger partial charge in [-0.05, 0) is 47.1 Å². The van der Waals surface area contributed by atoms with Crippen molar-refractivity contribution < 1.29 is 4.79 Å². The Morgan fingerprint density at radius 3 is 2.65 bits per heavy atom. The Hall–Kier alpha value is -0.840. The van der Waals surface area contributed by atoms with Crippen LogP contribution in [0.1, 0.15) is 20.1 Å². The predicted octanol–water partition coefficient (Wildman–Crippen LogP) is 4.29. The smallest absolute Gasteiger partial charge is 0.204 e. The molecule has 88 valence electrons. The molecule has 0 unspecified atom stereocenters. The van der Waals surface area contributed by atoms with Crippen LogP contribution in [0.4, 0.5) is 5.69 Å². The second-order valence-electron chi connectivity index (χ2n) is 3.60. The highest BCUT2D eigenvalue weighted by Crippen LogP contribution is 2.30. The van der Waals surface area contributed by atoms with Crippen molar-refractivity contribution in [3.8, 4) is 0 Å². The predicted molar refractivity (Wildman–Crippen MR) is 76.1 cm³/mol. The number of halogens is 2. The SMILES string of the molecule is Cc1cc(Br)c(C(=O)c2ccc(Cl)c(N)c2)s1. The third-order valence-corrected chi connectivity index (χ3v) is 4.56. The van der Waals surface area contributed by atoms with Gasteiger partial charge in [0.1, 0.15) is 0 Å². The molecular weight excluding hydrogens is 322 g/mol. The Morgan fingerprint density at radius 2 is 2.12 bits per heavy atom. The van der Waals surface area contributed by atoms with E-state index in [1.165, 1.54) is 11.3 Å². The maximum Gasteiger partial charge on any atom is 0.204 e. The second-order valence-corrected chi connectivity index (χ2v) is 6.12. The van der Waals surface area contributed by atoms with Gasteiger partial charge in [0.15, 0.2) is 0 Å². The average Bonchev–Trinajstić information content (AvgIpc) is 2.61. The lowest BCUT2D eigenvalue weighted by Crippen LogP contribution is -2.00. The van der Waals surface area contributed by atoms with Crippen LogP contribution in [-0.4, -0.2) is 5.78 Å². The number of hydrogen-bond donors (Lipinski definition) is 1. The van der Waals surface area contributed by atoms with Crippen molar-refractivity contribution >= 4 is 50.3 Å². The minimum atomic E-state index is -0.0432. The largest absolute Gasteiger partial charge is 0.398 e. The minimum Gasteiger partial charge on any atom is -0.398 e. The van der Waals surface area contributed by atoms with Gasteiger partial charge in [0, 0.05) is 14.9 Å². The van der Waals surface area contributed by atoms with E-state index in [1.54, 1.807) is 18.2 Å². The number of carbonyl (C=O) groups is 1. The quantitative estimate of drug-likeness (QED) is 0.659. The molecule has 0 radical (unpaired) electrons. The van der Waals surface area contributed by atoms with Crippen molar-refractivity contribution in [1.82, 2.24) is 0 Å². The lowest BCUT2D eigenvalue weighted by molar-refractivity contribution is 0.104. The van der Waals surface area contributed by atoms with Crippen molar-refractivity contribution in [2.45, 2.75) is 6.92 Å². The molecule has 0 aliphatic heterocycles. The van der Waals surface area contributed by atoms with E-state index in [1.807, 2.05) is 13.0 Å². The first-order valence-corrected chi connectivity index (χ1v) is 6.83. The summed E-state index contributed by atoms with van der Waals surface area (Å²) in [5, 5.41) is 0.461. The van der Waals surface area contributed by atoms with Crippen LogP contribution >= 0.6 is 38.9 Å². The van der Waals surface area contributed by atoms with Crippen LogP contribution in [-0.2, 0) is 0 Å². The van der Waals surface area contributed by atoms with E-state index >= 15 is 0 Å².